The standard InChI is InChI=1S/C23H18BrClN4OS/c1-15-6-5-7-16(12-15)22-27-28-23(29(22)18-8-3-2-4-9-18)31-14-21(30)26-17-10-11-19(24)20(25)13-17/h2-13H,14H2,1H3,(H,26,30). The zero-order valence-electron chi connectivity index (χ0n) is 16.5. The van der Waals surface area contributed by atoms with Crippen LogP contribution in [0.1, 0.15) is 5.56 Å². The molecule has 0 fully saturated rings. The van der Waals surface area contributed by atoms with E-state index < -0.39 is 0 Å². The SMILES string of the molecule is Cc1cccc(-c2nnc(SCC(=O)Nc3ccc(Br)c(Cl)c3)n2-c2ccccc2)c1. The van der Waals surface area contributed by atoms with Crippen molar-refractivity contribution in [3.05, 3.63) is 87.9 Å². The number of amides is 1. The van der Waals surface area contributed by atoms with Gasteiger partial charge in [-0.3, -0.25) is 9.36 Å². The maximum absolute atomic E-state index is 12.5. The van der Waals surface area contributed by atoms with Gasteiger partial charge >= 0.3 is 0 Å². The number of aryl methyl sites for hydroxylation is 1. The van der Waals surface area contributed by atoms with Gasteiger partial charge in [0.05, 0.1) is 10.8 Å². The molecule has 0 atom stereocenters. The van der Waals surface area contributed by atoms with Gasteiger partial charge in [0.15, 0.2) is 11.0 Å². The van der Waals surface area contributed by atoms with Gasteiger partial charge in [-0.15, -0.1) is 10.2 Å². The van der Waals surface area contributed by atoms with Crippen molar-refractivity contribution in [3.63, 3.8) is 0 Å². The van der Waals surface area contributed by atoms with Crippen LogP contribution in [0.3, 0.4) is 0 Å². The van der Waals surface area contributed by atoms with Crippen molar-refractivity contribution in [3.8, 4) is 17.1 Å². The van der Waals surface area contributed by atoms with Crippen LogP contribution in [0.4, 0.5) is 5.69 Å². The van der Waals surface area contributed by atoms with Gasteiger partial charge in [0, 0.05) is 21.4 Å². The average Bonchev–Trinajstić information content (AvgIpc) is 3.19. The number of benzene rings is 3. The first-order valence-electron chi connectivity index (χ1n) is 9.47. The summed E-state index contributed by atoms with van der Waals surface area (Å²) in [6, 6.07) is 23.3. The lowest BCUT2D eigenvalue weighted by Gasteiger charge is -2.11. The van der Waals surface area contributed by atoms with Gasteiger partial charge in [-0.2, -0.15) is 0 Å². The second-order valence-corrected chi connectivity index (χ2v) is 9.02. The quantitative estimate of drug-likeness (QED) is 0.304. The molecule has 0 saturated heterocycles. The largest absolute Gasteiger partial charge is 0.325 e. The number of thioether (sulfide) groups is 1. The molecule has 0 aliphatic carbocycles. The Morgan fingerprint density at radius 1 is 1.06 bits per heavy atom. The van der Waals surface area contributed by atoms with E-state index in [9.17, 15) is 4.79 Å². The van der Waals surface area contributed by atoms with Crippen LogP contribution in [0.2, 0.25) is 5.02 Å². The summed E-state index contributed by atoms with van der Waals surface area (Å²) in [6.45, 7) is 2.04. The zero-order chi connectivity index (χ0) is 21.8. The summed E-state index contributed by atoms with van der Waals surface area (Å²) in [7, 11) is 0. The number of nitrogens with zero attached hydrogens (tertiary/aromatic N) is 3. The van der Waals surface area contributed by atoms with E-state index in [1.165, 1.54) is 11.8 Å². The van der Waals surface area contributed by atoms with Crippen molar-refractivity contribution in [2.24, 2.45) is 0 Å². The third kappa shape index (κ3) is 5.18. The molecule has 0 bridgehead atoms. The number of hydrogen-bond donors (Lipinski definition) is 1. The Morgan fingerprint density at radius 2 is 1.87 bits per heavy atom. The van der Waals surface area contributed by atoms with Crippen molar-refractivity contribution in [1.29, 1.82) is 0 Å². The van der Waals surface area contributed by atoms with Gasteiger partial charge in [-0.25, -0.2) is 0 Å². The molecule has 0 radical (unpaired) electrons. The minimum atomic E-state index is -0.150. The zero-order valence-corrected chi connectivity index (χ0v) is 19.7. The number of halogens is 2. The van der Waals surface area contributed by atoms with Gasteiger partial charge in [-0.1, -0.05) is 65.3 Å². The van der Waals surface area contributed by atoms with Gasteiger partial charge in [0.2, 0.25) is 5.91 Å². The predicted octanol–water partition coefficient (Wildman–Crippen LogP) is 6.39. The third-order valence-electron chi connectivity index (χ3n) is 4.46. The minimum Gasteiger partial charge on any atom is -0.325 e. The van der Waals surface area contributed by atoms with Crippen LogP contribution in [0.25, 0.3) is 17.1 Å². The van der Waals surface area contributed by atoms with Crippen molar-refractivity contribution >= 4 is 50.9 Å². The van der Waals surface area contributed by atoms with Crippen molar-refractivity contribution in [2.75, 3.05) is 11.1 Å². The molecule has 0 spiro atoms. The first-order valence-corrected chi connectivity index (χ1v) is 11.6. The predicted molar refractivity (Wildman–Crippen MR) is 130 cm³/mol. The molecule has 1 N–H and O–H groups in total. The fourth-order valence-corrected chi connectivity index (χ4v) is 4.22. The van der Waals surface area contributed by atoms with Gasteiger partial charge in [-0.05, 0) is 59.3 Å². The second-order valence-electron chi connectivity index (χ2n) is 6.81. The summed E-state index contributed by atoms with van der Waals surface area (Å²) < 4.78 is 2.75. The molecule has 0 unspecified atom stereocenters. The molecule has 0 aliphatic heterocycles. The third-order valence-corrected chi connectivity index (χ3v) is 6.62. The summed E-state index contributed by atoms with van der Waals surface area (Å²) in [4.78, 5) is 12.5. The molecule has 1 aromatic heterocycles. The van der Waals surface area contributed by atoms with Crippen molar-refractivity contribution in [1.82, 2.24) is 14.8 Å². The highest BCUT2D eigenvalue weighted by Gasteiger charge is 2.17. The van der Waals surface area contributed by atoms with Crippen LogP contribution in [-0.2, 0) is 4.79 Å². The Hall–Kier alpha value is -2.61. The number of nitrogens with one attached hydrogen (secondary N) is 1. The molecule has 1 heterocycles. The van der Waals surface area contributed by atoms with E-state index in [1.54, 1.807) is 18.2 Å². The summed E-state index contributed by atoms with van der Waals surface area (Å²) in [5.74, 6) is 0.771. The molecule has 31 heavy (non-hydrogen) atoms. The Bertz CT molecular complexity index is 1230. The Morgan fingerprint density at radius 3 is 2.61 bits per heavy atom. The Labute approximate surface area is 198 Å². The summed E-state index contributed by atoms with van der Waals surface area (Å²) in [5.41, 5.74) is 3.69. The minimum absolute atomic E-state index is 0.150. The van der Waals surface area contributed by atoms with Crippen LogP contribution in [0.15, 0.2) is 82.4 Å². The van der Waals surface area contributed by atoms with E-state index in [4.69, 9.17) is 11.6 Å². The smallest absolute Gasteiger partial charge is 0.234 e. The fraction of sp³-hybridized carbons (Fsp3) is 0.0870. The molecule has 0 aliphatic rings. The maximum atomic E-state index is 12.5. The van der Waals surface area contributed by atoms with Crippen molar-refractivity contribution < 1.29 is 4.79 Å². The van der Waals surface area contributed by atoms with Crippen LogP contribution in [0.5, 0.6) is 0 Å². The summed E-state index contributed by atoms with van der Waals surface area (Å²) >= 11 is 10.8. The lowest BCUT2D eigenvalue weighted by atomic mass is 10.1. The molecule has 1 amide bonds. The molecular formula is C23H18BrClN4OS. The molecule has 156 valence electrons. The molecule has 0 saturated carbocycles. The normalized spacial score (nSPS) is 10.8. The van der Waals surface area contributed by atoms with E-state index in [-0.39, 0.29) is 11.7 Å². The average molecular weight is 514 g/mol. The summed E-state index contributed by atoms with van der Waals surface area (Å²) in [6.07, 6.45) is 0. The van der Waals surface area contributed by atoms with Gasteiger partial charge in [0.1, 0.15) is 0 Å². The maximum Gasteiger partial charge on any atom is 0.234 e. The number of carbonyl (C=O) groups excluding carboxylic acids is 1. The van der Waals surface area contributed by atoms with E-state index in [2.05, 4.69) is 37.5 Å². The topological polar surface area (TPSA) is 59.8 Å². The Kier molecular flexibility index (Phi) is 6.75. The van der Waals surface area contributed by atoms with Crippen LogP contribution in [0, 0.1) is 6.92 Å². The monoisotopic (exact) mass is 512 g/mol. The molecule has 3 aromatic carbocycles. The molecule has 4 rings (SSSR count). The molecule has 5 nitrogen and oxygen atoms in total. The first-order chi connectivity index (χ1) is 15.0. The van der Waals surface area contributed by atoms with E-state index in [0.29, 0.717) is 15.9 Å². The van der Waals surface area contributed by atoms with Crippen LogP contribution >= 0.6 is 39.3 Å². The van der Waals surface area contributed by atoms with E-state index >= 15 is 0 Å². The number of aromatic nitrogens is 3. The highest BCUT2D eigenvalue weighted by molar-refractivity contribution is 9.10. The van der Waals surface area contributed by atoms with Crippen molar-refractivity contribution in [2.45, 2.75) is 12.1 Å². The molecular weight excluding hydrogens is 496 g/mol. The molecule has 4 aromatic rings. The number of rotatable bonds is 6. The first kappa shape index (κ1) is 21.6. The highest BCUT2D eigenvalue weighted by Crippen LogP contribution is 2.29. The van der Waals surface area contributed by atoms with E-state index in [1.807, 2.05) is 60.0 Å². The lowest BCUT2D eigenvalue weighted by molar-refractivity contribution is -0.113. The fourth-order valence-electron chi connectivity index (χ4n) is 3.05. The number of para-hydroxylation sites is 1. The second kappa shape index (κ2) is 9.68. The highest BCUT2D eigenvalue weighted by atomic mass is 79.9. The Balaban J connectivity index is 1.58. The number of carbonyl (C=O) groups is 1. The lowest BCUT2D eigenvalue weighted by Crippen LogP contribution is -2.14. The summed E-state index contributed by atoms with van der Waals surface area (Å²) in [5, 5.41) is 12.8. The van der Waals surface area contributed by atoms with Crippen LogP contribution in [-0.4, -0.2) is 26.4 Å². The number of anilines is 1. The van der Waals surface area contributed by atoms with Crippen LogP contribution < -0.4 is 5.32 Å². The van der Waals surface area contributed by atoms with Gasteiger partial charge < -0.3 is 5.32 Å². The van der Waals surface area contributed by atoms with E-state index in [0.717, 1.165) is 27.1 Å². The number of hydrogen-bond acceptors (Lipinski definition) is 4. The molecule has 8 heteroatoms. The van der Waals surface area contributed by atoms with Gasteiger partial charge in [0.25, 0.3) is 0 Å².